The lowest BCUT2D eigenvalue weighted by molar-refractivity contribution is -0.134. The SMILES string of the molecule is O=C(C(c1ccccc1)c1ccccc1)N(C1CC1)C1CCS(=O)(=O)C1. The summed E-state index contributed by atoms with van der Waals surface area (Å²) in [5, 5.41) is 0. The molecule has 4 rings (SSSR count). The van der Waals surface area contributed by atoms with E-state index in [4.69, 9.17) is 0 Å². The van der Waals surface area contributed by atoms with Crippen molar-refractivity contribution in [2.45, 2.75) is 37.3 Å². The van der Waals surface area contributed by atoms with Crippen molar-refractivity contribution in [2.24, 2.45) is 0 Å². The van der Waals surface area contributed by atoms with E-state index >= 15 is 0 Å². The van der Waals surface area contributed by atoms with Gasteiger partial charge in [0.25, 0.3) is 0 Å². The van der Waals surface area contributed by atoms with Crippen LogP contribution in [0.3, 0.4) is 0 Å². The topological polar surface area (TPSA) is 54.5 Å². The number of nitrogens with zero attached hydrogens (tertiary/aromatic N) is 1. The third-order valence-electron chi connectivity index (χ3n) is 5.31. The van der Waals surface area contributed by atoms with Crippen LogP contribution in [0.2, 0.25) is 0 Å². The molecule has 1 aliphatic carbocycles. The van der Waals surface area contributed by atoms with Gasteiger partial charge in [-0.3, -0.25) is 4.79 Å². The van der Waals surface area contributed by atoms with Crippen LogP contribution in [0.1, 0.15) is 36.3 Å². The van der Waals surface area contributed by atoms with Gasteiger partial charge in [-0.25, -0.2) is 8.42 Å². The molecule has 1 saturated heterocycles. The molecule has 1 unspecified atom stereocenters. The molecule has 2 aromatic carbocycles. The van der Waals surface area contributed by atoms with Crippen LogP contribution in [0.4, 0.5) is 0 Å². The van der Waals surface area contributed by atoms with E-state index in [-0.39, 0.29) is 35.4 Å². The van der Waals surface area contributed by atoms with Crippen LogP contribution in [-0.2, 0) is 14.6 Å². The smallest absolute Gasteiger partial charge is 0.235 e. The molecule has 0 spiro atoms. The Morgan fingerprint density at radius 3 is 1.81 bits per heavy atom. The van der Waals surface area contributed by atoms with Crippen LogP contribution in [0.5, 0.6) is 0 Å². The summed E-state index contributed by atoms with van der Waals surface area (Å²) in [4.78, 5) is 15.6. The maximum atomic E-state index is 13.7. The van der Waals surface area contributed by atoms with Gasteiger partial charge < -0.3 is 4.90 Å². The van der Waals surface area contributed by atoms with E-state index in [1.165, 1.54) is 0 Å². The molecule has 0 N–H and O–H groups in total. The second-order valence-corrected chi connectivity index (χ2v) is 9.52. The molecule has 2 fully saturated rings. The van der Waals surface area contributed by atoms with Crippen molar-refractivity contribution < 1.29 is 13.2 Å². The molecule has 26 heavy (non-hydrogen) atoms. The molecule has 0 radical (unpaired) electrons. The number of carbonyl (C=O) groups excluding carboxylic acids is 1. The Bertz CT molecular complexity index is 836. The Morgan fingerprint density at radius 1 is 0.846 bits per heavy atom. The summed E-state index contributed by atoms with van der Waals surface area (Å²) in [6, 6.07) is 19.6. The Labute approximate surface area is 154 Å². The molecule has 136 valence electrons. The van der Waals surface area contributed by atoms with Crippen molar-refractivity contribution in [3.05, 3.63) is 71.8 Å². The normalized spacial score (nSPS) is 21.7. The van der Waals surface area contributed by atoms with Crippen LogP contribution in [0.15, 0.2) is 60.7 Å². The van der Waals surface area contributed by atoms with Crippen LogP contribution >= 0.6 is 0 Å². The Hall–Kier alpha value is -2.14. The first-order valence-electron chi connectivity index (χ1n) is 9.18. The van der Waals surface area contributed by atoms with Crippen molar-refractivity contribution in [3.8, 4) is 0 Å². The Kier molecular flexibility index (Phi) is 4.57. The number of carbonyl (C=O) groups is 1. The molecule has 0 aromatic heterocycles. The molecule has 1 aliphatic heterocycles. The van der Waals surface area contributed by atoms with Gasteiger partial charge >= 0.3 is 0 Å². The molecule has 1 heterocycles. The number of rotatable bonds is 5. The second-order valence-electron chi connectivity index (χ2n) is 7.29. The molecule has 1 amide bonds. The fourth-order valence-corrected chi connectivity index (χ4v) is 5.63. The molecular weight excluding hydrogens is 346 g/mol. The van der Waals surface area contributed by atoms with Crippen molar-refractivity contribution in [3.63, 3.8) is 0 Å². The van der Waals surface area contributed by atoms with Gasteiger partial charge in [0, 0.05) is 12.1 Å². The summed E-state index contributed by atoms with van der Waals surface area (Å²) >= 11 is 0. The van der Waals surface area contributed by atoms with Crippen molar-refractivity contribution in [1.29, 1.82) is 0 Å². The number of hydrogen-bond donors (Lipinski definition) is 0. The predicted octanol–water partition coefficient (Wildman–Crippen LogP) is 3.00. The zero-order chi connectivity index (χ0) is 18.1. The van der Waals surface area contributed by atoms with Crippen molar-refractivity contribution in [2.75, 3.05) is 11.5 Å². The minimum absolute atomic E-state index is 0.0343. The molecular formula is C21H23NO3S. The lowest BCUT2D eigenvalue weighted by Crippen LogP contribution is -2.45. The molecule has 2 aliphatic rings. The second kappa shape index (κ2) is 6.88. The Balaban J connectivity index is 1.71. The standard InChI is InChI=1S/C21H23NO3S/c23-21(22(18-11-12-18)19-13-14-26(24,25)15-19)20(16-7-3-1-4-8-16)17-9-5-2-6-10-17/h1-10,18-20H,11-15H2. The van der Waals surface area contributed by atoms with E-state index in [0.717, 1.165) is 24.0 Å². The van der Waals surface area contributed by atoms with Gasteiger partial charge in [-0.2, -0.15) is 0 Å². The van der Waals surface area contributed by atoms with E-state index in [1.807, 2.05) is 65.6 Å². The monoisotopic (exact) mass is 369 g/mol. The lowest BCUT2D eigenvalue weighted by Gasteiger charge is -2.32. The van der Waals surface area contributed by atoms with E-state index in [9.17, 15) is 13.2 Å². The largest absolute Gasteiger partial charge is 0.335 e. The first-order chi connectivity index (χ1) is 12.6. The van der Waals surface area contributed by atoms with Gasteiger partial charge in [0.15, 0.2) is 9.84 Å². The highest BCUT2D eigenvalue weighted by Gasteiger charge is 2.44. The first kappa shape index (κ1) is 17.3. The summed E-state index contributed by atoms with van der Waals surface area (Å²) in [7, 11) is -3.03. The highest BCUT2D eigenvalue weighted by atomic mass is 32.2. The minimum Gasteiger partial charge on any atom is -0.335 e. The van der Waals surface area contributed by atoms with E-state index < -0.39 is 9.84 Å². The summed E-state index contributed by atoms with van der Waals surface area (Å²) in [5.74, 6) is -0.0607. The van der Waals surface area contributed by atoms with Gasteiger partial charge in [0.1, 0.15) is 0 Å². The van der Waals surface area contributed by atoms with E-state index in [1.54, 1.807) is 0 Å². The third-order valence-corrected chi connectivity index (χ3v) is 7.06. The molecule has 1 atom stereocenters. The van der Waals surface area contributed by atoms with Crippen LogP contribution in [0.25, 0.3) is 0 Å². The molecule has 1 saturated carbocycles. The van der Waals surface area contributed by atoms with Gasteiger partial charge in [-0.1, -0.05) is 60.7 Å². The molecule has 2 aromatic rings. The van der Waals surface area contributed by atoms with Crippen LogP contribution < -0.4 is 0 Å². The molecule has 0 bridgehead atoms. The minimum atomic E-state index is -3.03. The van der Waals surface area contributed by atoms with Gasteiger partial charge in [-0.05, 0) is 30.4 Å². The quantitative estimate of drug-likeness (QED) is 0.814. The highest BCUT2D eigenvalue weighted by molar-refractivity contribution is 7.91. The number of amides is 1. The fourth-order valence-electron chi connectivity index (χ4n) is 3.92. The average molecular weight is 369 g/mol. The summed E-state index contributed by atoms with van der Waals surface area (Å²) in [6.45, 7) is 0. The number of sulfone groups is 1. The zero-order valence-electron chi connectivity index (χ0n) is 14.6. The third kappa shape index (κ3) is 3.54. The Morgan fingerprint density at radius 2 is 1.38 bits per heavy atom. The van der Waals surface area contributed by atoms with Crippen molar-refractivity contribution >= 4 is 15.7 Å². The molecule has 4 nitrogen and oxygen atoms in total. The summed E-state index contributed by atoms with van der Waals surface area (Å²) < 4.78 is 24.0. The number of benzene rings is 2. The van der Waals surface area contributed by atoms with Gasteiger partial charge in [-0.15, -0.1) is 0 Å². The molecule has 5 heteroatoms. The van der Waals surface area contributed by atoms with Crippen LogP contribution in [-0.4, -0.2) is 42.8 Å². The van der Waals surface area contributed by atoms with Crippen LogP contribution in [0, 0.1) is 0 Å². The lowest BCUT2D eigenvalue weighted by atomic mass is 9.89. The maximum absolute atomic E-state index is 13.7. The summed E-state index contributed by atoms with van der Waals surface area (Å²) in [6.07, 6.45) is 2.50. The van der Waals surface area contributed by atoms with E-state index in [2.05, 4.69) is 0 Å². The zero-order valence-corrected chi connectivity index (χ0v) is 15.4. The van der Waals surface area contributed by atoms with E-state index in [0.29, 0.717) is 6.42 Å². The summed E-state index contributed by atoms with van der Waals surface area (Å²) in [5.41, 5.74) is 1.91. The maximum Gasteiger partial charge on any atom is 0.235 e. The average Bonchev–Trinajstić information content (AvgIpc) is 3.40. The van der Waals surface area contributed by atoms with Gasteiger partial charge in [0.05, 0.1) is 17.4 Å². The first-order valence-corrected chi connectivity index (χ1v) is 11.0. The number of hydrogen-bond acceptors (Lipinski definition) is 3. The fraction of sp³-hybridized carbons (Fsp3) is 0.381. The van der Waals surface area contributed by atoms with Crippen molar-refractivity contribution in [1.82, 2.24) is 4.90 Å². The highest BCUT2D eigenvalue weighted by Crippen LogP contribution is 2.37. The van der Waals surface area contributed by atoms with Gasteiger partial charge in [0.2, 0.25) is 5.91 Å². The predicted molar refractivity (Wildman–Crippen MR) is 102 cm³/mol.